The number of aryl methyl sites for hydroxylation is 2. The Labute approximate surface area is 120 Å². The van der Waals surface area contributed by atoms with Crippen molar-refractivity contribution in [1.29, 1.82) is 0 Å². The van der Waals surface area contributed by atoms with Gasteiger partial charge in [0.2, 0.25) is 5.13 Å². The fourth-order valence-corrected chi connectivity index (χ4v) is 2.66. The third kappa shape index (κ3) is 2.44. The van der Waals surface area contributed by atoms with Crippen LogP contribution in [0.3, 0.4) is 0 Å². The van der Waals surface area contributed by atoms with Crippen molar-refractivity contribution in [1.82, 2.24) is 19.7 Å². The first-order chi connectivity index (χ1) is 9.78. The zero-order valence-electron chi connectivity index (χ0n) is 11.3. The molecule has 0 aliphatic carbocycles. The van der Waals surface area contributed by atoms with Crippen LogP contribution in [0.4, 0.5) is 5.13 Å². The lowest BCUT2D eigenvalue weighted by atomic mass is 10.2. The molecule has 3 rings (SSSR count). The van der Waals surface area contributed by atoms with Crippen molar-refractivity contribution in [3.63, 3.8) is 0 Å². The summed E-state index contributed by atoms with van der Waals surface area (Å²) in [6, 6.07) is 3.61. The van der Waals surface area contributed by atoms with E-state index in [1.807, 2.05) is 29.9 Å². The second-order valence-corrected chi connectivity index (χ2v) is 5.41. The maximum Gasteiger partial charge on any atom is 0.206 e. The van der Waals surface area contributed by atoms with E-state index in [0.29, 0.717) is 0 Å². The summed E-state index contributed by atoms with van der Waals surface area (Å²) in [7, 11) is 1.96. The van der Waals surface area contributed by atoms with Gasteiger partial charge < -0.3 is 14.3 Å². The molecule has 3 aromatic heterocycles. The van der Waals surface area contributed by atoms with E-state index >= 15 is 0 Å². The minimum absolute atomic E-state index is 0.178. The second kappa shape index (κ2) is 5.46. The van der Waals surface area contributed by atoms with Gasteiger partial charge >= 0.3 is 0 Å². The summed E-state index contributed by atoms with van der Waals surface area (Å²) in [5.74, 6) is 1.67. The predicted molar refractivity (Wildman–Crippen MR) is 76.7 cm³/mol. The highest BCUT2D eigenvalue weighted by atomic mass is 32.1. The van der Waals surface area contributed by atoms with E-state index in [-0.39, 0.29) is 6.04 Å². The SMILES string of the molecule is CCc1nnc(NC(c2ccco2)c2nccn2C)s1. The van der Waals surface area contributed by atoms with Gasteiger partial charge in [-0.2, -0.15) is 0 Å². The summed E-state index contributed by atoms with van der Waals surface area (Å²) in [4.78, 5) is 4.39. The first kappa shape index (κ1) is 12.9. The number of nitrogens with one attached hydrogen (secondary N) is 1. The number of anilines is 1. The van der Waals surface area contributed by atoms with E-state index in [2.05, 4.69) is 27.4 Å². The normalized spacial score (nSPS) is 12.5. The fourth-order valence-electron chi connectivity index (χ4n) is 1.95. The van der Waals surface area contributed by atoms with Crippen molar-refractivity contribution in [2.45, 2.75) is 19.4 Å². The van der Waals surface area contributed by atoms with E-state index in [4.69, 9.17) is 4.42 Å². The van der Waals surface area contributed by atoms with Crippen molar-refractivity contribution >= 4 is 16.5 Å². The van der Waals surface area contributed by atoms with Crippen LogP contribution < -0.4 is 5.32 Å². The summed E-state index contributed by atoms with van der Waals surface area (Å²) in [6.07, 6.45) is 6.22. The summed E-state index contributed by atoms with van der Waals surface area (Å²) in [5.41, 5.74) is 0. The summed E-state index contributed by atoms with van der Waals surface area (Å²) in [5, 5.41) is 13.4. The standard InChI is InChI=1S/C13H15N5OS/c1-3-10-16-17-13(20-10)15-11(9-5-4-8-19-9)12-14-6-7-18(12)2/h4-8,11H,3H2,1-2H3,(H,15,17). The molecular formula is C13H15N5OS. The van der Waals surface area contributed by atoms with Gasteiger partial charge in [-0.3, -0.25) is 0 Å². The number of hydrogen-bond acceptors (Lipinski definition) is 6. The zero-order chi connectivity index (χ0) is 13.9. The zero-order valence-corrected chi connectivity index (χ0v) is 12.1. The molecule has 20 heavy (non-hydrogen) atoms. The highest BCUT2D eigenvalue weighted by Gasteiger charge is 2.22. The second-order valence-electron chi connectivity index (χ2n) is 4.34. The number of rotatable bonds is 5. The fraction of sp³-hybridized carbons (Fsp3) is 0.308. The van der Waals surface area contributed by atoms with Crippen LogP contribution in [0.5, 0.6) is 0 Å². The smallest absolute Gasteiger partial charge is 0.206 e. The Morgan fingerprint density at radius 2 is 2.35 bits per heavy atom. The third-order valence-electron chi connectivity index (χ3n) is 2.98. The van der Waals surface area contributed by atoms with Crippen LogP contribution in [0.1, 0.15) is 29.6 Å². The number of hydrogen-bond donors (Lipinski definition) is 1. The lowest BCUT2D eigenvalue weighted by Gasteiger charge is -2.15. The first-order valence-electron chi connectivity index (χ1n) is 6.37. The van der Waals surface area contributed by atoms with Crippen LogP contribution in [0, 0.1) is 0 Å². The van der Waals surface area contributed by atoms with Crippen LogP contribution in [0.15, 0.2) is 35.2 Å². The molecule has 6 nitrogen and oxygen atoms in total. The van der Waals surface area contributed by atoms with Crippen LogP contribution in [0.2, 0.25) is 0 Å². The van der Waals surface area contributed by atoms with E-state index in [0.717, 1.165) is 28.1 Å². The van der Waals surface area contributed by atoms with E-state index in [9.17, 15) is 0 Å². The Morgan fingerprint density at radius 1 is 1.45 bits per heavy atom. The highest BCUT2D eigenvalue weighted by Crippen LogP contribution is 2.27. The van der Waals surface area contributed by atoms with Gasteiger partial charge in [0, 0.05) is 19.4 Å². The first-order valence-corrected chi connectivity index (χ1v) is 7.19. The lowest BCUT2D eigenvalue weighted by molar-refractivity contribution is 0.488. The monoisotopic (exact) mass is 289 g/mol. The Balaban J connectivity index is 1.92. The van der Waals surface area contributed by atoms with Gasteiger partial charge in [0.25, 0.3) is 0 Å². The van der Waals surface area contributed by atoms with E-state index < -0.39 is 0 Å². The molecule has 0 aliphatic rings. The minimum atomic E-state index is -0.178. The van der Waals surface area contributed by atoms with Gasteiger partial charge in [-0.1, -0.05) is 18.3 Å². The van der Waals surface area contributed by atoms with Crippen molar-refractivity contribution in [2.24, 2.45) is 7.05 Å². The van der Waals surface area contributed by atoms with Crippen molar-refractivity contribution in [3.05, 3.63) is 47.4 Å². The molecular weight excluding hydrogens is 274 g/mol. The lowest BCUT2D eigenvalue weighted by Crippen LogP contribution is -2.16. The van der Waals surface area contributed by atoms with Gasteiger partial charge in [0.05, 0.1) is 6.26 Å². The molecule has 1 unspecified atom stereocenters. The van der Waals surface area contributed by atoms with Crippen LogP contribution in [-0.2, 0) is 13.5 Å². The Morgan fingerprint density at radius 3 is 2.95 bits per heavy atom. The molecule has 1 N–H and O–H groups in total. The Bertz CT molecular complexity index is 673. The quantitative estimate of drug-likeness (QED) is 0.782. The Kier molecular flexibility index (Phi) is 3.51. The minimum Gasteiger partial charge on any atom is -0.467 e. The third-order valence-corrected chi connectivity index (χ3v) is 3.98. The molecule has 3 aromatic rings. The maximum atomic E-state index is 5.52. The van der Waals surface area contributed by atoms with Crippen LogP contribution in [0.25, 0.3) is 0 Å². The van der Waals surface area contributed by atoms with Crippen molar-refractivity contribution < 1.29 is 4.42 Å². The Hall–Kier alpha value is -2.15. The average molecular weight is 289 g/mol. The van der Waals surface area contributed by atoms with Gasteiger partial charge in [-0.15, -0.1) is 10.2 Å². The summed E-state index contributed by atoms with van der Waals surface area (Å²) < 4.78 is 7.48. The molecule has 0 amide bonds. The van der Waals surface area contributed by atoms with E-state index in [1.165, 1.54) is 0 Å². The van der Waals surface area contributed by atoms with Gasteiger partial charge in [-0.05, 0) is 18.6 Å². The molecule has 0 saturated carbocycles. The van der Waals surface area contributed by atoms with Crippen LogP contribution >= 0.6 is 11.3 Å². The van der Waals surface area contributed by atoms with Crippen molar-refractivity contribution in [2.75, 3.05) is 5.32 Å². The molecule has 0 fully saturated rings. The maximum absolute atomic E-state index is 5.52. The summed E-state index contributed by atoms with van der Waals surface area (Å²) >= 11 is 1.55. The molecule has 0 aliphatic heterocycles. The van der Waals surface area contributed by atoms with Crippen molar-refractivity contribution in [3.8, 4) is 0 Å². The van der Waals surface area contributed by atoms with E-state index in [1.54, 1.807) is 23.8 Å². The number of nitrogens with zero attached hydrogens (tertiary/aromatic N) is 4. The van der Waals surface area contributed by atoms with Crippen LogP contribution in [-0.4, -0.2) is 19.7 Å². The molecule has 0 bridgehead atoms. The largest absolute Gasteiger partial charge is 0.467 e. The molecule has 3 heterocycles. The van der Waals surface area contributed by atoms with Gasteiger partial charge in [0.1, 0.15) is 22.6 Å². The average Bonchev–Trinajstić information content (AvgIpc) is 3.18. The molecule has 0 aromatic carbocycles. The highest BCUT2D eigenvalue weighted by molar-refractivity contribution is 7.15. The molecule has 0 saturated heterocycles. The number of furan rings is 1. The van der Waals surface area contributed by atoms with Gasteiger partial charge in [0.15, 0.2) is 0 Å². The molecule has 0 spiro atoms. The molecule has 7 heteroatoms. The predicted octanol–water partition coefficient (Wildman–Crippen LogP) is 2.63. The molecule has 1 atom stereocenters. The topological polar surface area (TPSA) is 68.8 Å². The number of aromatic nitrogens is 4. The summed E-state index contributed by atoms with van der Waals surface area (Å²) in [6.45, 7) is 2.06. The van der Waals surface area contributed by atoms with Gasteiger partial charge in [-0.25, -0.2) is 4.98 Å². The molecule has 104 valence electrons. The number of imidazole rings is 1. The molecule has 0 radical (unpaired) electrons.